The van der Waals surface area contributed by atoms with Crippen molar-refractivity contribution in [2.45, 2.75) is 30.1 Å². The van der Waals surface area contributed by atoms with Gasteiger partial charge in [-0.2, -0.15) is 17.5 Å². The van der Waals surface area contributed by atoms with Gasteiger partial charge in [0.15, 0.2) is 0 Å². The number of hydrogen-bond acceptors (Lipinski definition) is 3. The van der Waals surface area contributed by atoms with Gasteiger partial charge in [0, 0.05) is 13.1 Å². The van der Waals surface area contributed by atoms with E-state index < -0.39 is 33.8 Å². The molecule has 5 nitrogen and oxygen atoms in total. The van der Waals surface area contributed by atoms with Crippen LogP contribution in [0.3, 0.4) is 0 Å². The highest BCUT2D eigenvalue weighted by atomic mass is 35.5. The highest BCUT2D eigenvalue weighted by molar-refractivity contribution is 7.89. The van der Waals surface area contributed by atoms with Crippen LogP contribution in [0.1, 0.15) is 12.8 Å². The van der Waals surface area contributed by atoms with Crippen LogP contribution in [0.15, 0.2) is 11.4 Å². The van der Waals surface area contributed by atoms with Gasteiger partial charge in [0.1, 0.15) is 11.7 Å². The fourth-order valence-electron chi connectivity index (χ4n) is 1.63. The topological polar surface area (TPSA) is 55.2 Å². The Kier molecular flexibility index (Phi) is 3.56. The van der Waals surface area contributed by atoms with Crippen LogP contribution in [-0.4, -0.2) is 41.0 Å². The van der Waals surface area contributed by atoms with Crippen LogP contribution in [-0.2, 0) is 17.1 Å². The predicted octanol–water partition coefficient (Wildman–Crippen LogP) is 1.79. The number of imidazole rings is 1. The molecule has 0 unspecified atom stereocenters. The van der Waals surface area contributed by atoms with E-state index in [1.54, 1.807) is 0 Å². The molecule has 19 heavy (non-hydrogen) atoms. The molecule has 10 heteroatoms. The van der Waals surface area contributed by atoms with Gasteiger partial charge in [-0.1, -0.05) is 11.6 Å². The van der Waals surface area contributed by atoms with E-state index >= 15 is 0 Å². The number of alkyl halides is 3. The zero-order valence-corrected chi connectivity index (χ0v) is 11.4. The Labute approximate surface area is 113 Å². The monoisotopic (exact) mass is 317 g/mol. The molecule has 0 spiro atoms. The SMILES string of the molecule is Cn1cnc(S(=O)(=O)N(CC(F)(F)F)C2CC2)c1Cl. The van der Waals surface area contributed by atoms with Crippen molar-refractivity contribution in [1.82, 2.24) is 13.9 Å². The Hall–Kier alpha value is -0.800. The molecule has 0 N–H and O–H groups in total. The summed E-state index contributed by atoms with van der Waals surface area (Å²) in [7, 11) is -2.87. The fourth-order valence-corrected chi connectivity index (χ4v) is 3.69. The van der Waals surface area contributed by atoms with E-state index in [-0.39, 0.29) is 5.15 Å². The summed E-state index contributed by atoms with van der Waals surface area (Å²) in [6.45, 7) is -1.52. The Morgan fingerprint density at radius 1 is 1.53 bits per heavy atom. The van der Waals surface area contributed by atoms with E-state index in [0.717, 1.165) is 6.33 Å². The van der Waals surface area contributed by atoms with Crippen LogP contribution >= 0.6 is 11.6 Å². The van der Waals surface area contributed by atoms with Crippen LogP contribution in [0.25, 0.3) is 0 Å². The third-order valence-corrected chi connectivity index (χ3v) is 5.07. The summed E-state index contributed by atoms with van der Waals surface area (Å²) in [5, 5.41) is -0.736. The average Bonchev–Trinajstić information content (AvgIpc) is 3.02. The third-order valence-electron chi connectivity index (χ3n) is 2.68. The maximum absolute atomic E-state index is 12.5. The molecule has 0 radical (unpaired) electrons. The molecule has 0 bridgehead atoms. The van der Waals surface area contributed by atoms with Gasteiger partial charge in [0.2, 0.25) is 5.03 Å². The maximum atomic E-state index is 12.5. The lowest BCUT2D eigenvalue weighted by Crippen LogP contribution is -2.40. The maximum Gasteiger partial charge on any atom is 0.402 e. The normalized spacial score (nSPS) is 17.2. The highest BCUT2D eigenvalue weighted by Crippen LogP contribution is 2.35. The molecule has 0 aromatic carbocycles. The van der Waals surface area contributed by atoms with Crippen LogP contribution in [0, 0.1) is 0 Å². The van der Waals surface area contributed by atoms with Gasteiger partial charge in [-0.25, -0.2) is 13.4 Å². The molecule has 1 aliphatic carbocycles. The number of rotatable bonds is 4. The van der Waals surface area contributed by atoms with E-state index in [2.05, 4.69) is 4.98 Å². The molecule has 1 aromatic heterocycles. The molecular formula is C9H11ClF3N3O2S. The van der Waals surface area contributed by atoms with Crippen LogP contribution < -0.4 is 0 Å². The lowest BCUT2D eigenvalue weighted by Gasteiger charge is -2.22. The molecule has 0 saturated heterocycles. The quantitative estimate of drug-likeness (QED) is 0.850. The second-order valence-corrected chi connectivity index (χ2v) is 6.51. The largest absolute Gasteiger partial charge is 0.402 e. The molecule has 1 aliphatic rings. The summed E-state index contributed by atoms with van der Waals surface area (Å²) < 4.78 is 63.5. The highest BCUT2D eigenvalue weighted by Gasteiger charge is 2.46. The number of sulfonamides is 1. The van der Waals surface area contributed by atoms with Gasteiger partial charge in [-0.05, 0) is 12.8 Å². The first-order valence-electron chi connectivity index (χ1n) is 5.38. The van der Waals surface area contributed by atoms with Crippen molar-refractivity contribution in [1.29, 1.82) is 0 Å². The fraction of sp³-hybridized carbons (Fsp3) is 0.667. The zero-order valence-electron chi connectivity index (χ0n) is 9.85. The molecule has 1 aromatic rings. The van der Waals surface area contributed by atoms with E-state index in [9.17, 15) is 21.6 Å². The average molecular weight is 318 g/mol. The molecular weight excluding hydrogens is 307 g/mol. The Balaban J connectivity index is 2.38. The summed E-state index contributed by atoms with van der Waals surface area (Å²) in [4.78, 5) is 3.58. The van der Waals surface area contributed by atoms with Crippen LogP contribution in [0.4, 0.5) is 13.2 Å². The minimum Gasteiger partial charge on any atom is -0.324 e. The minimum atomic E-state index is -4.60. The van der Waals surface area contributed by atoms with Gasteiger partial charge >= 0.3 is 6.18 Å². The lowest BCUT2D eigenvalue weighted by molar-refractivity contribution is -0.137. The van der Waals surface area contributed by atoms with Crippen molar-refractivity contribution in [3.05, 3.63) is 11.5 Å². The Morgan fingerprint density at radius 2 is 2.11 bits per heavy atom. The molecule has 1 saturated carbocycles. The number of nitrogens with zero attached hydrogens (tertiary/aromatic N) is 3. The zero-order chi connectivity index (χ0) is 14.4. The first-order chi connectivity index (χ1) is 8.63. The van der Waals surface area contributed by atoms with Gasteiger partial charge in [0.05, 0.1) is 6.33 Å². The van der Waals surface area contributed by atoms with Gasteiger partial charge in [0.25, 0.3) is 10.0 Å². The minimum absolute atomic E-state index is 0.201. The van der Waals surface area contributed by atoms with E-state index in [4.69, 9.17) is 11.6 Å². The standard InChI is InChI=1S/C9H11ClF3N3O2S/c1-15-5-14-8(7(15)10)19(17,18)16(6-2-3-6)4-9(11,12)13/h5-6H,2-4H2,1H3. The molecule has 2 rings (SSSR count). The molecule has 1 fully saturated rings. The summed E-state index contributed by atoms with van der Waals surface area (Å²) in [6, 6.07) is -0.621. The summed E-state index contributed by atoms with van der Waals surface area (Å²) in [6.07, 6.45) is -2.62. The molecule has 0 aliphatic heterocycles. The van der Waals surface area contributed by atoms with Crippen LogP contribution in [0.2, 0.25) is 5.15 Å². The first-order valence-corrected chi connectivity index (χ1v) is 7.20. The summed E-state index contributed by atoms with van der Waals surface area (Å²) >= 11 is 5.75. The second kappa shape index (κ2) is 4.64. The van der Waals surface area contributed by atoms with Gasteiger partial charge < -0.3 is 4.57 Å². The summed E-state index contributed by atoms with van der Waals surface area (Å²) in [5.41, 5.74) is 0. The van der Waals surface area contributed by atoms with Crippen molar-refractivity contribution in [3.63, 3.8) is 0 Å². The second-order valence-electron chi connectivity index (χ2n) is 4.35. The van der Waals surface area contributed by atoms with Gasteiger partial charge in [-0.3, -0.25) is 0 Å². The number of aromatic nitrogens is 2. The van der Waals surface area contributed by atoms with E-state index in [1.807, 2.05) is 0 Å². The van der Waals surface area contributed by atoms with Crippen molar-refractivity contribution in [2.24, 2.45) is 7.05 Å². The molecule has 1 heterocycles. The van der Waals surface area contributed by atoms with E-state index in [0.29, 0.717) is 17.1 Å². The van der Waals surface area contributed by atoms with Crippen molar-refractivity contribution in [2.75, 3.05) is 6.54 Å². The Bertz CT molecular complexity index is 580. The molecule has 108 valence electrons. The van der Waals surface area contributed by atoms with Crippen LogP contribution in [0.5, 0.6) is 0 Å². The first kappa shape index (κ1) is 14.6. The lowest BCUT2D eigenvalue weighted by atomic mass is 10.6. The number of aryl methyl sites for hydroxylation is 1. The number of halogens is 4. The van der Waals surface area contributed by atoms with Gasteiger partial charge in [-0.15, -0.1) is 0 Å². The summed E-state index contributed by atoms with van der Waals surface area (Å²) in [5.74, 6) is 0. The Morgan fingerprint density at radius 3 is 2.47 bits per heavy atom. The van der Waals surface area contributed by atoms with Crippen molar-refractivity contribution >= 4 is 21.6 Å². The third kappa shape index (κ3) is 3.03. The van der Waals surface area contributed by atoms with Crippen molar-refractivity contribution < 1.29 is 21.6 Å². The number of hydrogen-bond donors (Lipinski definition) is 0. The molecule has 0 atom stereocenters. The van der Waals surface area contributed by atoms with E-state index in [1.165, 1.54) is 11.6 Å². The smallest absolute Gasteiger partial charge is 0.324 e. The molecule has 0 amide bonds. The predicted molar refractivity (Wildman–Crippen MR) is 61.2 cm³/mol. The van der Waals surface area contributed by atoms with Crippen molar-refractivity contribution in [3.8, 4) is 0 Å².